The van der Waals surface area contributed by atoms with Crippen molar-refractivity contribution in [3.63, 3.8) is 0 Å². The summed E-state index contributed by atoms with van der Waals surface area (Å²) in [5, 5.41) is 27.0. The molecule has 0 saturated carbocycles. The van der Waals surface area contributed by atoms with Gasteiger partial charge >= 0.3 is 68.9 Å². The van der Waals surface area contributed by atoms with Crippen LogP contribution >= 0.6 is 0 Å². The van der Waals surface area contributed by atoms with Gasteiger partial charge in [-0.25, -0.2) is 20.1 Å². The number of rotatable bonds is 23. The standard InChI is InChI=1S/C56H72FN11O6.Cs/c1-37(58)31-38-18-20-39(21-19-38)33-61-54(72)45-32-42(69)35-68(45)55(73)52(56(2,3)4)62-47(70)17-12-10-8-6-7-9-11-13-26-59-48(71)36-66-27-29-67(30-28-66)41-24-22-40(23-25-41)50-51-44(64-65-50)34-60-53(63-51)49-43(57)15-14-16-46(49)74-5;/h14-16,18-25,34,42,45,52,58,69H,6-13,17,26-30,32-33,35-36H2,1-5H3,(H,59,71)(H,61,72)(H,62,70)(H,60,63,64,65);/q-2;+1/t42?,45-,52+;/m0./s1. The zero-order chi connectivity index (χ0) is 52.8. The molecule has 3 aromatic carbocycles. The van der Waals surface area contributed by atoms with Crippen LogP contribution in [0.5, 0.6) is 5.75 Å². The fraction of sp³-hybridized carbons (Fsp3) is 0.482. The summed E-state index contributed by atoms with van der Waals surface area (Å²) < 4.78 is 20.2. The Balaban J connectivity index is 0.00000914. The van der Waals surface area contributed by atoms with Crippen LogP contribution in [-0.2, 0) is 25.7 Å². The summed E-state index contributed by atoms with van der Waals surface area (Å²) in [4.78, 5) is 68.2. The third kappa shape index (κ3) is 16.8. The third-order valence-corrected chi connectivity index (χ3v) is 13.7. The molecule has 4 heterocycles. The van der Waals surface area contributed by atoms with E-state index in [1.165, 1.54) is 18.1 Å². The molecule has 0 bridgehead atoms. The van der Waals surface area contributed by atoms with Gasteiger partial charge in [0.05, 0.1) is 31.5 Å². The van der Waals surface area contributed by atoms with Crippen LogP contribution in [0.2, 0.25) is 0 Å². The molecule has 0 aliphatic carbocycles. The molecule has 2 saturated heterocycles. The molecule has 1 unspecified atom stereocenters. The van der Waals surface area contributed by atoms with Gasteiger partial charge in [-0.05, 0) is 42.5 Å². The maximum absolute atomic E-state index is 14.8. The smallest absolute Gasteiger partial charge is 0.713 e. The molecule has 17 nitrogen and oxygen atoms in total. The number of benzene rings is 3. The predicted octanol–water partition coefficient (Wildman–Crippen LogP) is 4.50. The predicted molar refractivity (Wildman–Crippen MR) is 284 cm³/mol. The number of nitrogens with zero attached hydrogens (tertiary/aromatic N) is 6. The Morgan fingerprint density at radius 3 is 2.25 bits per heavy atom. The first-order valence-electron chi connectivity index (χ1n) is 25.9. The number of halogens is 1. The van der Waals surface area contributed by atoms with Crippen LogP contribution in [-0.4, -0.2) is 130 Å². The monoisotopic (exact) mass is 1150 g/mol. The summed E-state index contributed by atoms with van der Waals surface area (Å²) in [5.41, 5.74) is 12.9. The van der Waals surface area contributed by atoms with Gasteiger partial charge in [0.1, 0.15) is 40.4 Å². The van der Waals surface area contributed by atoms with Crippen LogP contribution in [0.25, 0.3) is 39.4 Å². The third-order valence-electron chi connectivity index (χ3n) is 13.7. The van der Waals surface area contributed by atoms with Crippen LogP contribution in [0.15, 0.2) is 78.6 Å². The number of methoxy groups -OCH3 is 1. The number of anilines is 1. The number of aromatic amines is 1. The molecule has 2 aliphatic heterocycles. The summed E-state index contributed by atoms with van der Waals surface area (Å²) in [6.07, 6.45) is 11.9. The number of nitrogens with one attached hydrogen (secondary N) is 5. The number of aliphatic hydroxyl groups is 1. The Morgan fingerprint density at radius 2 is 1.59 bits per heavy atom. The van der Waals surface area contributed by atoms with E-state index in [-0.39, 0.29) is 123 Å². The van der Waals surface area contributed by atoms with Crippen molar-refractivity contribution in [2.45, 2.75) is 117 Å². The SMILES string of the molecule is COc1cccc(F)c1-c1ncc2[nH]nc(-c3ccc(N4CCN(CC(=O)NCCCCCCCCCCC(=O)N[C@H](C(=O)N5CC(O)C[C@H]5C(=O)NCc5ccc([C-]=C(C)[NH-])cc5)C(C)(C)C)CC4)cc3)c2n1.[Cs+]. The quantitative estimate of drug-likeness (QED) is 0.0453. The molecule has 0 radical (unpaired) electrons. The molecule has 2 aromatic heterocycles. The van der Waals surface area contributed by atoms with Crippen molar-refractivity contribution in [2.24, 2.45) is 5.41 Å². The van der Waals surface area contributed by atoms with E-state index in [4.69, 9.17) is 10.5 Å². The second-order valence-corrected chi connectivity index (χ2v) is 20.5. The molecule has 4 amide bonds. The zero-order valence-electron chi connectivity index (χ0n) is 44.4. The number of amides is 4. The van der Waals surface area contributed by atoms with Crippen LogP contribution < -0.4 is 94.5 Å². The number of carbonyl (C=O) groups excluding carboxylic acids is 4. The number of fused-ring (bicyclic) bond motifs is 1. The number of ether oxygens (including phenoxy) is 1. The number of allylic oxidation sites excluding steroid dienone is 1. The maximum atomic E-state index is 14.8. The number of carbonyl (C=O) groups is 4. The maximum Gasteiger partial charge on any atom is 1.00 e. The van der Waals surface area contributed by atoms with E-state index in [2.05, 4.69) is 64.1 Å². The van der Waals surface area contributed by atoms with Gasteiger partial charge in [-0.2, -0.15) is 28.9 Å². The number of hydrogen-bond donors (Lipinski definition) is 5. The van der Waals surface area contributed by atoms with E-state index >= 15 is 0 Å². The van der Waals surface area contributed by atoms with Crippen LogP contribution in [0.4, 0.5) is 10.1 Å². The number of hydrogen-bond acceptors (Lipinski definition) is 11. The van der Waals surface area contributed by atoms with E-state index in [1.54, 1.807) is 25.3 Å². The summed E-state index contributed by atoms with van der Waals surface area (Å²) >= 11 is 0. The van der Waals surface area contributed by atoms with Gasteiger partial charge in [0.2, 0.25) is 23.6 Å². The molecule has 7 rings (SSSR count). The van der Waals surface area contributed by atoms with Crippen molar-refractivity contribution < 1.29 is 102 Å². The molecule has 19 heteroatoms. The molecule has 2 fully saturated rings. The molecule has 396 valence electrons. The molecular formula is C56H72CsFN11O6-. The van der Waals surface area contributed by atoms with Crippen LogP contribution in [0, 0.1) is 17.3 Å². The zero-order valence-corrected chi connectivity index (χ0v) is 50.7. The summed E-state index contributed by atoms with van der Waals surface area (Å²) in [6.45, 7) is 11.7. The van der Waals surface area contributed by atoms with E-state index in [9.17, 15) is 28.7 Å². The van der Waals surface area contributed by atoms with E-state index < -0.39 is 29.4 Å². The normalized spacial score (nSPS) is 16.6. The van der Waals surface area contributed by atoms with Gasteiger partial charge in [0.15, 0.2) is 5.82 Å². The van der Waals surface area contributed by atoms with Crippen LogP contribution in [0.1, 0.15) is 103 Å². The van der Waals surface area contributed by atoms with Crippen molar-refractivity contribution in [3.8, 4) is 28.4 Å². The number of piperazine rings is 1. The first kappa shape index (κ1) is 59.4. The second-order valence-electron chi connectivity index (χ2n) is 20.5. The Labute approximate surface area is 499 Å². The fourth-order valence-electron chi connectivity index (χ4n) is 9.56. The Bertz CT molecular complexity index is 2720. The van der Waals surface area contributed by atoms with Gasteiger partial charge in [-0.1, -0.05) is 90.0 Å². The van der Waals surface area contributed by atoms with E-state index in [0.717, 1.165) is 93.5 Å². The number of aliphatic hydroxyl groups excluding tert-OH is 1. The van der Waals surface area contributed by atoms with Gasteiger partial charge in [-0.15, -0.1) is 12.1 Å². The van der Waals surface area contributed by atoms with Gasteiger partial charge < -0.3 is 41.3 Å². The number of β-amino-alcohol motifs (C(OH)–C–C–N with tert-alkyl or cyclic N) is 1. The molecule has 2 aliphatic rings. The van der Waals surface area contributed by atoms with E-state index in [0.29, 0.717) is 54.1 Å². The second kappa shape index (κ2) is 28.5. The minimum atomic E-state index is -0.863. The minimum Gasteiger partial charge on any atom is -0.713 e. The summed E-state index contributed by atoms with van der Waals surface area (Å²) in [6, 6.07) is 18.4. The molecule has 3 atom stereocenters. The minimum absolute atomic E-state index is 0. The Hall–Kier alpha value is -4.87. The number of unbranched alkanes of at least 4 members (excludes halogenated alkanes) is 7. The van der Waals surface area contributed by atoms with Crippen molar-refractivity contribution in [1.29, 1.82) is 0 Å². The van der Waals surface area contributed by atoms with Gasteiger partial charge in [0, 0.05) is 69.9 Å². The first-order chi connectivity index (χ1) is 35.6. The van der Waals surface area contributed by atoms with Crippen molar-refractivity contribution >= 4 is 40.3 Å². The fourth-order valence-corrected chi connectivity index (χ4v) is 9.56. The average Bonchev–Trinajstić information content (AvgIpc) is 3.99. The number of aromatic nitrogens is 4. The summed E-state index contributed by atoms with van der Waals surface area (Å²) in [7, 11) is 1.48. The Kier molecular flexibility index (Phi) is 22.6. The van der Waals surface area contributed by atoms with E-state index in [1.807, 2.05) is 57.2 Å². The summed E-state index contributed by atoms with van der Waals surface area (Å²) in [5.74, 6) is -0.808. The van der Waals surface area contributed by atoms with Gasteiger partial charge in [-0.3, -0.25) is 29.2 Å². The average molecular weight is 1150 g/mol. The largest absolute Gasteiger partial charge is 1.00 e. The first-order valence-corrected chi connectivity index (χ1v) is 25.9. The van der Waals surface area contributed by atoms with Crippen molar-refractivity contribution in [1.82, 2.24) is 45.9 Å². The topological polar surface area (TPSA) is 222 Å². The van der Waals surface area contributed by atoms with Crippen molar-refractivity contribution in [3.05, 3.63) is 107 Å². The molecule has 5 aromatic rings. The van der Waals surface area contributed by atoms with Gasteiger partial charge in [0.25, 0.3) is 0 Å². The van der Waals surface area contributed by atoms with Crippen LogP contribution in [0.3, 0.4) is 0 Å². The molecule has 0 spiro atoms. The molecular weight excluding hydrogens is 1070 g/mol. The number of likely N-dealkylation sites (tertiary alicyclic amines) is 1. The molecule has 75 heavy (non-hydrogen) atoms. The molecule has 6 N–H and O–H groups in total. The van der Waals surface area contributed by atoms with Crippen molar-refractivity contribution in [2.75, 3.05) is 57.8 Å². The Morgan fingerprint density at radius 1 is 0.907 bits per heavy atom. The number of H-pyrrole nitrogens is 1.